The molecule has 0 aromatic heterocycles. The van der Waals surface area contributed by atoms with Crippen molar-refractivity contribution in [1.29, 1.82) is 0 Å². The van der Waals surface area contributed by atoms with Crippen LogP contribution in [-0.4, -0.2) is 37.8 Å². The molecule has 0 saturated heterocycles. The fraction of sp³-hybridized carbons (Fsp3) is 0.750. The average Bonchev–Trinajstić information content (AvgIpc) is 2.82. The Kier molecular flexibility index (Phi) is 5.66. The Morgan fingerprint density at radius 1 is 1.47 bits per heavy atom. The molecule has 1 aliphatic carbocycles. The number of rotatable bonds is 6. The molecule has 5 nitrogen and oxygen atoms in total. The van der Waals surface area contributed by atoms with Crippen LogP contribution >= 0.6 is 0 Å². The van der Waals surface area contributed by atoms with Crippen molar-refractivity contribution in [1.82, 2.24) is 5.32 Å². The third-order valence-corrected chi connectivity index (χ3v) is 2.93. The van der Waals surface area contributed by atoms with Gasteiger partial charge < -0.3 is 10.1 Å². The molecule has 1 N–H and O–H groups in total. The lowest BCUT2D eigenvalue weighted by atomic mass is 10.1. The number of nitrogens with zero attached hydrogens (tertiary/aromatic N) is 1. The number of aliphatic imine (C=N–C) groups is 1. The van der Waals surface area contributed by atoms with E-state index in [2.05, 4.69) is 17.0 Å². The number of carbonyl (C=O) groups is 2. The first kappa shape index (κ1) is 13.7. The molecule has 0 aromatic carbocycles. The van der Waals surface area contributed by atoms with Gasteiger partial charge in [0.15, 0.2) is 0 Å². The maximum Gasteiger partial charge on any atom is 0.330 e. The van der Waals surface area contributed by atoms with E-state index >= 15 is 0 Å². The summed E-state index contributed by atoms with van der Waals surface area (Å²) in [6.45, 7) is 5.53. The van der Waals surface area contributed by atoms with Gasteiger partial charge in [0.1, 0.15) is 6.04 Å². The monoisotopic (exact) mass is 240 g/mol. The summed E-state index contributed by atoms with van der Waals surface area (Å²) in [6, 6.07) is -0.694. The van der Waals surface area contributed by atoms with Gasteiger partial charge >= 0.3 is 5.97 Å². The fourth-order valence-electron chi connectivity index (χ4n) is 2.03. The smallest absolute Gasteiger partial charge is 0.330 e. The van der Waals surface area contributed by atoms with Gasteiger partial charge in [0.2, 0.25) is 5.91 Å². The molecule has 17 heavy (non-hydrogen) atoms. The zero-order valence-electron chi connectivity index (χ0n) is 10.3. The van der Waals surface area contributed by atoms with Gasteiger partial charge in [0, 0.05) is 5.92 Å². The Balaban J connectivity index is 2.49. The minimum atomic E-state index is -0.694. The molecule has 5 heteroatoms. The van der Waals surface area contributed by atoms with Crippen molar-refractivity contribution in [2.45, 2.75) is 38.6 Å². The minimum absolute atomic E-state index is 0.0386. The molecule has 1 rings (SSSR count). The van der Waals surface area contributed by atoms with Crippen molar-refractivity contribution >= 4 is 18.6 Å². The number of ether oxygens (including phenoxy) is 1. The molecule has 0 aromatic rings. The summed E-state index contributed by atoms with van der Waals surface area (Å²) < 4.78 is 4.88. The second-order valence-electron chi connectivity index (χ2n) is 4.20. The lowest BCUT2D eigenvalue weighted by Crippen LogP contribution is -2.45. The van der Waals surface area contributed by atoms with E-state index in [0.29, 0.717) is 6.61 Å². The first-order valence-corrected chi connectivity index (χ1v) is 6.08. The van der Waals surface area contributed by atoms with E-state index in [0.717, 1.165) is 25.7 Å². The van der Waals surface area contributed by atoms with E-state index in [1.54, 1.807) is 6.92 Å². The molecule has 0 radical (unpaired) electrons. The van der Waals surface area contributed by atoms with Crippen molar-refractivity contribution in [2.24, 2.45) is 10.9 Å². The highest BCUT2D eigenvalue weighted by atomic mass is 16.5. The van der Waals surface area contributed by atoms with E-state index in [1.165, 1.54) is 0 Å². The van der Waals surface area contributed by atoms with E-state index < -0.39 is 12.0 Å². The van der Waals surface area contributed by atoms with Gasteiger partial charge in [-0.15, -0.1) is 0 Å². The van der Waals surface area contributed by atoms with E-state index in [4.69, 9.17) is 4.74 Å². The average molecular weight is 240 g/mol. The van der Waals surface area contributed by atoms with Crippen LogP contribution in [0, 0.1) is 5.92 Å². The molecule has 1 atom stereocenters. The van der Waals surface area contributed by atoms with Gasteiger partial charge in [-0.1, -0.05) is 12.8 Å². The minimum Gasteiger partial charge on any atom is -0.464 e. The van der Waals surface area contributed by atoms with E-state index in [1.807, 2.05) is 0 Å². The van der Waals surface area contributed by atoms with Gasteiger partial charge in [-0.05, 0) is 26.5 Å². The van der Waals surface area contributed by atoms with Crippen LogP contribution < -0.4 is 5.32 Å². The van der Waals surface area contributed by atoms with Crippen molar-refractivity contribution in [2.75, 3.05) is 13.2 Å². The summed E-state index contributed by atoms with van der Waals surface area (Å²) in [5.74, 6) is -0.466. The number of amides is 1. The molecule has 1 saturated carbocycles. The molecule has 0 bridgehead atoms. The summed E-state index contributed by atoms with van der Waals surface area (Å²) in [7, 11) is 0. The standard InChI is InChI=1S/C12H20N2O3/c1-3-17-12(16)10(8-13-2)14-11(15)9-6-4-5-7-9/h9-10H,2-8H2,1H3,(H,14,15). The number of nitrogens with one attached hydrogen (secondary N) is 1. The largest absolute Gasteiger partial charge is 0.464 e. The Hall–Kier alpha value is -1.39. The summed E-state index contributed by atoms with van der Waals surface area (Å²) in [5, 5.41) is 2.70. The Bertz CT molecular complexity index is 285. The van der Waals surface area contributed by atoms with Gasteiger partial charge in [-0.25, -0.2) is 4.79 Å². The third-order valence-electron chi connectivity index (χ3n) is 2.93. The molecule has 0 spiro atoms. The molecule has 1 unspecified atom stereocenters. The van der Waals surface area contributed by atoms with Gasteiger partial charge in [-0.2, -0.15) is 0 Å². The molecular weight excluding hydrogens is 220 g/mol. The summed E-state index contributed by atoms with van der Waals surface area (Å²) in [4.78, 5) is 27.1. The van der Waals surface area contributed by atoms with E-state index in [-0.39, 0.29) is 18.4 Å². The zero-order valence-corrected chi connectivity index (χ0v) is 10.3. The molecule has 1 fully saturated rings. The maximum absolute atomic E-state index is 11.9. The highest BCUT2D eigenvalue weighted by Crippen LogP contribution is 2.24. The van der Waals surface area contributed by atoms with Crippen molar-refractivity contribution in [3.8, 4) is 0 Å². The Morgan fingerprint density at radius 2 is 2.12 bits per heavy atom. The van der Waals surface area contributed by atoms with Crippen LogP contribution in [0.15, 0.2) is 4.99 Å². The normalized spacial score (nSPS) is 17.5. The topological polar surface area (TPSA) is 67.8 Å². The van der Waals surface area contributed by atoms with Crippen molar-refractivity contribution < 1.29 is 14.3 Å². The molecular formula is C12H20N2O3. The summed E-state index contributed by atoms with van der Waals surface area (Å²) in [5.41, 5.74) is 0. The Labute approximate surface area is 102 Å². The van der Waals surface area contributed by atoms with Gasteiger partial charge in [0.25, 0.3) is 0 Å². The van der Waals surface area contributed by atoms with Crippen LogP contribution in [0.1, 0.15) is 32.6 Å². The lowest BCUT2D eigenvalue weighted by molar-refractivity contribution is -0.147. The zero-order chi connectivity index (χ0) is 12.7. The van der Waals surface area contributed by atoms with Crippen LogP contribution in [0.25, 0.3) is 0 Å². The second-order valence-corrected chi connectivity index (χ2v) is 4.20. The summed E-state index contributed by atoms with van der Waals surface area (Å²) in [6.07, 6.45) is 3.98. The van der Waals surface area contributed by atoms with Crippen LogP contribution in [0.2, 0.25) is 0 Å². The van der Waals surface area contributed by atoms with Crippen molar-refractivity contribution in [3.63, 3.8) is 0 Å². The van der Waals surface area contributed by atoms with Gasteiger partial charge in [-0.3, -0.25) is 9.79 Å². The first-order valence-electron chi connectivity index (χ1n) is 6.08. The number of hydrogen-bond donors (Lipinski definition) is 1. The highest BCUT2D eigenvalue weighted by Gasteiger charge is 2.27. The number of carbonyl (C=O) groups excluding carboxylic acids is 2. The molecule has 0 heterocycles. The van der Waals surface area contributed by atoms with Gasteiger partial charge in [0.05, 0.1) is 13.2 Å². The van der Waals surface area contributed by atoms with E-state index in [9.17, 15) is 9.59 Å². The number of hydrogen-bond acceptors (Lipinski definition) is 4. The lowest BCUT2D eigenvalue weighted by Gasteiger charge is -2.17. The quantitative estimate of drug-likeness (QED) is 0.554. The summed E-state index contributed by atoms with van der Waals surface area (Å²) >= 11 is 0. The fourth-order valence-corrected chi connectivity index (χ4v) is 2.03. The van der Waals surface area contributed by atoms with Crippen LogP contribution in [0.5, 0.6) is 0 Å². The second kappa shape index (κ2) is 7.04. The third kappa shape index (κ3) is 4.17. The molecule has 0 aliphatic heterocycles. The maximum atomic E-state index is 11.9. The predicted molar refractivity (Wildman–Crippen MR) is 64.9 cm³/mol. The Morgan fingerprint density at radius 3 is 2.65 bits per heavy atom. The SMILES string of the molecule is C=NCC(NC(=O)C1CCCC1)C(=O)OCC. The van der Waals surface area contributed by atoms with Crippen molar-refractivity contribution in [3.05, 3.63) is 0 Å². The molecule has 1 amide bonds. The highest BCUT2D eigenvalue weighted by molar-refractivity contribution is 5.86. The predicted octanol–water partition coefficient (Wildman–Crippen LogP) is 0.925. The molecule has 96 valence electrons. The van der Waals surface area contributed by atoms with Crippen LogP contribution in [0.4, 0.5) is 0 Å². The van der Waals surface area contributed by atoms with Crippen LogP contribution in [-0.2, 0) is 14.3 Å². The van der Waals surface area contributed by atoms with Crippen LogP contribution in [0.3, 0.4) is 0 Å². The number of esters is 1. The first-order chi connectivity index (χ1) is 8.19. The molecule has 1 aliphatic rings.